The van der Waals surface area contributed by atoms with Gasteiger partial charge in [-0.25, -0.2) is 4.39 Å². The van der Waals surface area contributed by atoms with E-state index in [4.69, 9.17) is 4.74 Å². The number of para-hydroxylation sites is 1. The number of phenolic OH excluding ortho intramolecular Hbond substituents is 1. The van der Waals surface area contributed by atoms with Crippen LogP contribution in [0.3, 0.4) is 0 Å². The van der Waals surface area contributed by atoms with Crippen LogP contribution >= 0.6 is 0 Å². The van der Waals surface area contributed by atoms with Crippen molar-refractivity contribution in [3.63, 3.8) is 0 Å². The third-order valence-electron chi connectivity index (χ3n) is 4.35. The Morgan fingerprint density at radius 2 is 2.15 bits per heavy atom. The molecule has 0 saturated carbocycles. The van der Waals surface area contributed by atoms with Crippen LogP contribution in [0.15, 0.2) is 36.4 Å². The number of aryl methyl sites for hydroxylation is 1. The number of halogens is 1. The molecule has 8 heteroatoms. The molecule has 1 saturated heterocycles. The summed E-state index contributed by atoms with van der Waals surface area (Å²) in [4.78, 5) is 24.4. The number of amides is 1. The fourth-order valence-corrected chi connectivity index (χ4v) is 2.93. The van der Waals surface area contributed by atoms with E-state index in [1.807, 2.05) is 0 Å². The van der Waals surface area contributed by atoms with E-state index in [1.165, 1.54) is 23.1 Å². The predicted octanol–water partition coefficient (Wildman–Crippen LogP) is 2.96. The molecular weight excluding hydrogens is 343 g/mol. The fraction of sp³-hybridized carbons (Fsp3) is 0.278. The second-order valence-electron chi connectivity index (χ2n) is 6.05. The Morgan fingerprint density at radius 1 is 1.38 bits per heavy atom. The number of nitro groups is 1. The SMILES string of the molecule is Cc1cc([C@@H]2CN(C(=O)c3cccc([N+](=O)[O-])c3O)CCO2)ccc1F. The molecule has 3 rings (SSSR count). The Bertz CT molecular complexity index is 871. The highest BCUT2D eigenvalue weighted by Crippen LogP contribution is 2.31. The minimum absolute atomic E-state index is 0.130. The summed E-state index contributed by atoms with van der Waals surface area (Å²) in [6.45, 7) is 2.40. The fourth-order valence-electron chi connectivity index (χ4n) is 2.93. The van der Waals surface area contributed by atoms with Crippen LogP contribution in [-0.4, -0.2) is 40.5 Å². The van der Waals surface area contributed by atoms with Gasteiger partial charge < -0.3 is 14.7 Å². The summed E-state index contributed by atoms with van der Waals surface area (Å²) < 4.78 is 19.1. The van der Waals surface area contributed by atoms with E-state index >= 15 is 0 Å². The Hall–Kier alpha value is -3.00. The molecule has 2 aromatic rings. The number of ether oxygens (including phenoxy) is 1. The lowest BCUT2D eigenvalue weighted by Gasteiger charge is -2.33. The third-order valence-corrected chi connectivity index (χ3v) is 4.35. The van der Waals surface area contributed by atoms with Crippen molar-refractivity contribution >= 4 is 11.6 Å². The highest BCUT2D eigenvalue weighted by atomic mass is 19.1. The lowest BCUT2D eigenvalue weighted by molar-refractivity contribution is -0.385. The highest BCUT2D eigenvalue weighted by Gasteiger charge is 2.29. The molecule has 0 aliphatic carbocycles. The first kappa shape index (κ1) is 17.8. The van der Waals surface area contributed by atoms with E-state index in [2.05, 4.69) is 0 Å². The van der Waals surface area contributed by atoms with Gasteiger partial charge in [-0.05, 0) is 30.2 Å². The van der Waals surface area contributed by atoms with Gasteiger partial charge in [0, 0.05) is 12.6 Å². The number of nitrogens with zero attached hydrogens (tertiary/aromatic N) is 2. The second-order valence-corrected chi connectivity index (χ2v) is 6.05. The first-order chi connectivity index (χ1) is 12.4. The summed E-state index contributed by atoms with van der Waals surface area (Å²) in [5.74, 6) is -1.49. The Labute approximate surface area is 148 Å². The average molecular weight is 360 g/mol. The van der Waals surface area contributed by atoms with Gasteiger partial charge in [-0.3, -0.25) is 14.9 Å². The molecule has 0 bridgehead atoms. The van der Waals surface area contributed by atoms with Crippen molar-refractivity contribution < 1.29 is 24.0 Å². The first-order valence-electron chi connectivity index (χ1n) is 8.01. The lowest BCUT2D eigenvalue weighted by Crippen LogP contribution is -2.42. The smallest absolute Gasteiger partial charge is 0.311 e. The van der Waals surface area contributed by atoms with Crippen molar-refractivity contribution in [3.05, 3.63) is 69.0 Å². The van der Waals surface area contributed by atoms with E-state index in [-0.39, 0.29) is 31.1 Å². The standard InChI is InChI=1S/C18H17FN2O5/c1-11-9-12(5-6-14(11)19)16-10-20(7-8-26-16)18(23)13-3-2-4-15(17(13)22)21(24)25/h2-6,9,16,22H,7-8,10H2,1H3/t16-/m0/s1. The number of nitro benzene ring substituents is 1. The van der Waals surface area contributed by atoms with Crippen LogP contribution in [0.2, 0.25) is 0 Å². The molecule has 26 heavy (non-hydrogen) atoms. The molecule has 1 N–H and O–H groups in total. The van der Waals surface area contributed by atoms with Crippen LogP contribution in [0, 0.1) is 22.9 Å². The molecule has 0 radical (unpaired) electrons. The van der Waals surface area contributed by atoms with Gasteiger partial charge in [-0.2, -0.15) is 0 Å². The molecule has 0 spiro atoms. The summed E-state index contributed by atoms with van der Waals surface area (Å²) in [7, 11) is 0. The van der Waals surface area contributed by atoms with E-state index in [1.54, 1.807) is 19.1 Å². The molecule has 0 aromatic heterocycles. The maximum atomic E-state index is 13.5. The van der Waals surface area contributed by atoms with Gasteiger partial charge >= 0.3 is 5.69 Å². The summed E-state index contributed by atoms with van der Waals surface area (Å²) >= 11 is 0. The average Bonchev–Trinajstić information content (AvgIpc) is 2.63. The molecular formula is C18H17FN2O5. The van der Waals surface area contributed by atoms with Crippen LogP contribution in [-0.2, 0) is 4.74 Å². The number of phenols is 1. The molecule has 1 heterocycles. The van der Waals surface area contributed by atoms with Crippen LogP contribution < -0.4 is 0 Å². The number of hydrogen-bond acceptors (Lipinski definition) is 5. The van der Waals surface area contributed by atoms with E-state index in [0.717, 1.165) is 11.6 Å². The molecule has 1 aliphatic rings. The van der Waals surface area contributed by atoms with Crippen molar-refractivity contribution in [2.75, 3.05) is 19.7 Å². The van der Waals surface area contributed by atoms with E-state index in [9.17, 15) is 24.4 Å². The molecule has 1 aliphatic heterocycles. The molecule has 7 nitrogen and oxygen atoms in total. The Kier molecular flexibility index (Phi) is 4.85. The van der Waals surface area contributed by atoms with Crippen molar-refractivity contribution in [2.24, 2.45) is 0 Å². The van der Waals surface area contributed by atoms with Crippen LogP contribution in [0.25, 0.3) is 0 Å². The number of morpholine rings is 1. The Balaban J connectivity index is 1.83. The highest BCUT2D eigenvalue weighted by molar-refractivity contribution is 5.98. The van der Waals surface area contributed by atoms with E-state index < -0.39 is 28.4 Å². The summed E-state index contributed by atoms with van der Waals surface area (Å²) in [5.41, 5.74) is 0.570. The molecule has 1 atom stereocenters. The second kappa shape index (κ2) is 7.09. The van der Waals surface area contributed by atoms with Gasteiger partial charge in [0.05, 0.1) is 23.6 Å². The van der Waals surface area contributed by atoms with Crippen LogP contribution in [0.5, 0.6) is 5.75 Å². The van der Waals surface area contributed by atoms with Gasteiger partial charge in [0.1, 0.15) is 11.9 Å². The minimum atomic E-state index is -0.741. The van der Waals surface area contributed by atoms with Crippen molar-refractivity contribution in [2.45, 2.75) is 13.0 Å². The number of hydrogen-bond donors (Lipinski definition) is 1. The Morgan fingerprint density at radius 3 is 2.85 bits per heavy atom. The predicted molar refractivity (Wildman–Crippen MR) is 90.5 cm³/mol. The summed E-state index contributed by atoms with van der Waals surface area (Å²) in [5, 5.41) is 21.0. The van der Waals surface area contributed by atoms with Gasteiger partial charge in [-0.15, -0.1) is 0 Å². The first-order valence-corrected chi connectivity index (χ1v) is 8.01. The van der Waals surface area contributed by atoms with Crippen molar-refractivity contribution in [1.82, 2.24) is 4.90 Å². The molecule has 0 unspecified atom stereocenters. The number of benzene rings is 2. The molecule has 1 amide bonds. The number of aromatic hydroxyl groups is 1. The summed E-state index contributed by atoms with van der Waals surface area (Å²) in [6.07, 6.45) is -0.437. The lowest BCUT2D eigenvalue weighted by atomic mass is 10.0. The number of carbonyl (C=O) groups is 1. The monoisotopic (exact) mass is 360 g/mol. The van der Waals surface area contributed by atoms with E-state index in [0.29, 0.717) is 5.56 Å². The van der Waals surface area contributed by atoms with Gasteiger partial charge in [0.25, 0.3) is 5.91 Å². The maximum absolute atomic E-state index is 13.5. The molecule has 136 valence electrons. The van der Waals surface area contributed by atoms with Crippen molar-refractivity contribution in [1.29, 1.82) is 0 Å². The van der Waals surface area contributed by atoms with Gasteiger partial charge in [0.2, 0.25) is 5.75 Å². The van der Waals surface area contributed by atoms with Gasteiger partial charge in [0.15, 0.2) is 0 Å². The normalized spacial score (nSPS) is 17.2. The largest absolute Gasteiger partial charge is 0.502 e. The van der Waals surface area contributed by atoms with Crippen LogP contribution in [0.4, 0.5) is 10.1 Å². The maximum Gasteiger partial charge on any atom is 0.311 e. The number of rotatable bonds is 3. The minimum Gasteiger partial charge on any atom is -0.502 e. The topological polar surface area (TPSA) is 92.9 Å². The third kappa shape index (κ3) is 3.36. The zero-order valence-corrected chi connectivity index (χ0v) is 14.0. The summed E-state index contributed by atoms with van der Waals surface area (Å²) in [6, 6.07) is 8.45. The van der Waals surface area contributed by atoms with Gasteiger partial charge in [-0.1, -0.05) is 18.2 Å². The van der Waals surface area contributed by atoms with Crippen LogP contribution in [0.1, 0.15) is 27.6 Å². The quantitative estimate of drug-likeness (QED) is 0.671. The van der Waals surface area contributed by atoms with Crippen molar-refractivity contribution in [3.8, 4) is 5.75 Å². The molecule has 2 aromatic carbocycles. The number of carbonyl (C=O) groups excluding carboxylic acids is 1. The zero-order chi connectivity index (χ0) is 18.8. The zero-order valence-electron chi connectivity index (χ0n) is 14.0. The molecule has 1 fully saturated rings.